The quantitative estimate of drug-likeness (QED) is 0.891. The van der Waals surface area contributed by atoms with Crippen LogP contribution >= 0.6 is 11.6 Å². The molecule has 110 valence electrons. The fourth-order valence-electron chi connectivity index (χ4n) is 2.86. The van der Waals surface area contributed by atoms with Gasteiger partial charge in [-0.15, -0.1) is 0 Å². The van der Waals surface area contributed by atoms with Gasteiger partial charge in [-0.2, -0.15) is 4.98 Å². The molecular formula is C15H14ClFN2O2. The largest absolute Gasteiger partial charge is 0.493 e. The summed E-state index contributed by atoms with van der Waals surface area (Å²) in [7, 11) is 0. The average molecular weight is 309 g/mol. The molecule has 0 atom stereocenters. The summed E-state index contributed by atoms with van der Waals surface area (Å²) in [4.78, 5) is 18.9. The van der Waals surface area contributed by atoms with E-state index in [1.54, 1.807) is 0 Å². The van der Waals surface area contributed by atoms with E-state index < -0.39 is 5.82 Å². The summed E-state index contributed by atoms with van der Waals surface area (Å²) in [6.45, 7) is 0. The smallest absolute Gasteiger partial charge is 0.258 e. The number of aromatic hydroxyl groups is 1. The van der Waals surface area contributed by atoms with Gasteiger partial charge in [0.2, 0.25) is 5.88 Å². The van der Waals surface area contributed by atoms with E-state index in [0.29, 0.717) is 11.1 Å². The lowest BCUT2D eigenvalue weighted by molar-refractivity contribution is 0.436. The lowest BCUT2D eigenvalue weighted by atomic mass is 10.00. The van der Waals surface area contributed by atoms with Crippen LogP contribution in [0.3, 0.4) is 0 Å². The summed E-state index contributed by atoms with van der Waals surface area (Å²) >= 11 is 5.95. The van der Waals surface area contributed by atoms with E-state index in [1.165, 1.54) is 12.1 Å². The molecule has 2 N–H and O–H groups in total. The number of H-pyrrole nitrogens is 1. The van der Waals surface area contributed by atoms with E-state index in [-0.39, 0.29) is 28.2 Å². The number of halogens is 2. The molecule has 4 nitrogen and oxygen atoms in total. The van der Waals surface area contributed by atoms with Crippen LogP contribution in [0.2, 0.25) is 5.02 Å². The molecule has 0 amide bonds. The van der Waals surface area contributed by atoms with Crippen LogP contribution in [0, 0.1) is 5.82 Å². The van der Waals surface area contributed by atoms with Crippen LogP contribution in [0.15, 0.2) is 23.0 Å². The molecule has 3 rings (SSSR count). The minimum absolute atomic E-state index is 0.0546. The van der Waals surface area contributed by atoms with E-state index in [2.05, 4.69) is 9.97 Å². The number of hydrogen-bond donors (Lipinski definition) is 2. The SMILES string of the molecule is O=c1[nH]c(-c2ccc(F)cc2Cl)nc(O)c1C1CCCC1. The second kappa shape index (κ2) is 5.48. The minimum Gasteiger partial charge on any atom is -0.493 e. The van der Waals surface area contributed by atoms with E-state index in [1.807, 2.05) is 0 Å². The molecule has 0 unspecified atom stereocenters. The Kier molecular flexibility index (Phi) is 3.68. The zero-order valence-electron chi connectivity index (χ0n) is 11.2. The van der Waals surface area contributed by atoms with Crippen molar-refractivity contribution < 1.29 is 9.50 Å². The highest BCUT2D eigenvalue weighted by atomic mass is 35.5. The van der Waals surface area contributed by atoms with Crippen molar-refractivity contribution in [2.24, 2.45) is 0 Å². The zero-order chi connectivity index (χ0) is 15.0. The van der Waals surface area contributed by atoms with Crippen molar-refractivity contribution in [2.75, 3.05) is 0 Å². The molecule has 2 aromatic rings. The molecule has 1 saturated carbocycles. The summed E-state index contributed by atoms with van der Waals surface area (Å²) < 4.78 is 13.1. The molecule has 1 aromatic carbocycles. The van der Waals surface area contributed by atoms with Gasteiger partial charge in [-0.05, 0) is 37.0 Å². The predicted octanol–water partition coefficient (Wildman–Crippen LogP) is 3.59. The molecule has 1 heterocycles. The molecule has 1 aromatic heterocycles. The van der Waals surface area contributed by atoms with Gasteiger partial charge in [0.05, 0.1) is 10.6 Å². The summed E-state index contributed by atoms with van der Waals surface area (Å²) in [5.41, 5.74) is 0.364. The van der Waals surface area contributed by atoms with Crippen molar-refractivity contribution in [3.8, 4) is 17.3 Å². The van der Waals surface area contributed by atoms with Gasteiger partial charge in [-0.1, -0.05) is 24.4 Å². The van der Waals surface area contributed by atoms with Gasteiger partial charge in [0.25, 0.3) is 5.56 Å². The fraction of sp³-hybridized carbons (Fsp3) is 0.333. The first-order valence-corrected chi connectivity index (χ1v) is 7.22. The summed E-state index contributed by atoms with van der Waals surface area (Å²) in [6, 6.07) is 3.78. The van der Waals surface area contributed by atoms with Gasteiger partial charge in [-0.25, -0.2) is 4.39 Å². The van der Waals surface area contributed by atoms with E-state index in [9.17, 15) is 14.3 Å². The number of aromatic amines is 1. The van der Waals surface area contributed by atoms with Crippen molar-refractivity contribution in [2.45, 2.75) is 31.6 Å². The van der Waals surface area contributed by atoms with Crippen LogP contribution in [-0.2, 0) is 0 Å². The van der Waals surface area contributed by atoms with Crippen molar-refractivity contribution in [1.82, 2.24) is 9.97 Å². The Balaban J connectivity index is 2.07. The molecule has 0 spiro atoms. The number of aromatic nitrogens is 2. The molecular weight excluding hydrogens is 295 g/mol. The Morgan fingerprint density at radius 1 is 1.33 bits per heavy atom. The molecule has 0 radical (unpaired) electrons. The number of nitrogens with zero attached hydrogens (tertiary/aromatic N) is 1. The number of hydrogen-bond acceptors (Lipinski definition) is 3. The van der Waals surface area contributed by atoms with Crippen molar-refractivity contribution >= 4 is 11.6 Å². The average Bonchev–Trinajstić information content (AvgIpc) is 2.91. The third-order valence-corrected chi connectivity index (χ3v) is 4.20. The first-order chi connectivity index (χ1) is 10.1. The summed E-state index contributed by atoms with van der Waals surface area (Å²) in [5, 5.41) is 10.2. The summed E-state index contributed by atoms with van der Waals surface area (Å²) in [6.07, 6.45) is 3.87. The minimum atomic E-state index is -0.474. The van der Waals surface area contributed by atoms with Gasteiger partial charge >= 0.3 is 0 Å². The second-order valence-corrected chi connectivity index (χ2v) is 5.66. The highest BCUT2D eigenvalue weighted by Crippen LogP contribution is 2.36. The number of nitrogens with one attached hydrogen (secondary N) is 1. The van der Waals surface area contributed by atoms with Crippen molar-refractivity contribution in [3.63, 3.8) is 0 Å². The maximum Gasteiger partial charge on any atom is 0.258 e. The van der Waals surface area contributed by atoms with Crippen LogP contribution in [0.1, 0.15) is 37.2 Å². The molecule has 1 fully saturated rings. The van der Waals surface area contributed by atoms with Gasteiger partial charge in [0.15, 0.2) is 0 Å². The van der Waals surface area contributed by atoms with Crippen LogP contribution in [-0.4, -0.2) is 15.1 Å². The van der Waals surface area contributed by atoms with Gasteiger partial charge in [0.1, 0.15) is 11.6 Å². The number of benzene rings is 1. The standard InChI is InChI=1S/C15H14ClFN2O2/c16-11-7-9(17)5-6-10(11)13-18-14(20)12(15(21)19-13)8-3-1-2-4-8/h5-8H,1-4H2,(H2,18,19,20,21). The van der Waals surface area contributed by atoms with E-state index in [4.69, 9.17) is 11.6 Å². The second-order valence-electron chi connectivity index (χ2n) is 5.26. The first-order valence-electron chi connectivity index (χ1n) is 6.85. The Labute approximate surface area is 125 Å². The molecule has 1 aliphatic carbocycles. The summed E-state index contributed by atoms with van der Waals surface area (Å²) in [5.74, 6) is -0.540. The van der Waals surface area contributed by atoms with Crippen LogP contribution in [0.5, 0.6) is 5.88 Å². The topological polar surface area (TPSA) is 66.0 Å². The third-order valence-electron chi connectivity index (χ3n) is 3.88. The molecule has 0 aliphatic heterocycles. The Morgan fingerprint density at radius 2 is 2.05 bits per heavy atom. The molecule has 21 heavy (non-hydrogen) atoms. The highest BCUT2D eigenvalue weighted by Gasteiger charge is 2.25. The normalized spacial score (nSPS) is 15.5. The number of rotatable bonds is 2. The van der Waals surface area contributed by atoms with Gasteiger partial charge < -0.3 is 10.1 Å². The van der Waals surface area contributed by atoms with Gasteiger partial charge in [0, 0.05) is 5.56 Å². The van der Waals surface area contributed by atoms with Gasteiger partial charge in [-0.3, -0.25) is 4.79 Å². The highest BCUT2D eigenvalue weighted by molar-refractivity contribution is 6.33. The maximum atomic E-state index is 13.1. The van der Waals surface area contributed by atoms with E-state index >= 15 is 0 Å². The fourth-order valence-corrected chi connectivity index (χ4v) is 3.12. The molecule has 0 bridgehead atoms. The maximum absolute atomic E-state index is 13.1. The Morgan fingerprint density at radius 3 is 2.67 bits per heavy atom. The van der Waals surface area contributed by atoms with Crippen LogP contribution in [0.25, 0.3) is 11.4 Å². The van der Waals surface area contributed by atoms with Crippen molar-refractivity contribution in [1.29, 1.82) is 0 Å². The van der Waals surface area contributed by atoms with E-state index in [0.717, 1.165) is 31.7 Å². The lowest BCUT2D eigenvalue weighted by Gasteiger charge is -2.11. The third kappa shape index (κ3) is 2.65. The predicted molar refractivity (Wildman–Crippen MR) is 78.1 cm³/mol. The zero-order valence-corrected chi connectivity index (χ0v) is 12.0. The Hall–Kier alpha value is -1.88. The molecule has 1 aliphatic rings. The lowest BCUT2D eigenvalue weighted by Crippen LogP contribution is -2.17. The van der Waals surface area contributed by atoms with Crippen molar-refractivity contribution in [3.05, 3.63) is 45.0 Å². The Bertz CT molecular complexity index is 739. The van der Waals surface area contributed by atoms with Crippen LogP contribution < -0.4 is 5.56 Å². The monoisotopic (exact) mass is 308 g/mol. The molecule has 0 saturated heterocycles. The van der Waals surface area contributed by atoms with Crippen LogP contribution in [0.4, 0.5) is 4.39 Å². The first kappa shape index (κ1) is 14.1. The molecule has 6 heteroatoms.